The van der Waals surface area contributed by atoms with Crippen molar-refractivity contribution in [3.05, 3.63) is 35.1 Å². The summed E-state index contributed by atoms with van der Waals surface area (Å²) in [4.78, 5) is 23.5. The first-order chi connectivity index (χ1) is 10.8. The van der Waals surface area contributed by atoms with Gasteiger partial charge in [0.05, 0.1) is 12.6 Å². The predicted octanol–water partition coefficient (Wildman–Crippen LogP) is 1.40. The van der Waals surface area contributed by atoms with Crippen LogP contribution in [0, 0.1) is 12.7 Å². The van der Waals surface area contributed by atoms with Crippen molar-refractivity contribution in [1.29, 1.82) is 0 Å². The largest absolute Gasteiger partial charge is 0.353 e. The second-order valence-electron chi connectivity index (χ2n) is 5.50. The molecule has 1 aromatic rings. The maximum atomic E-state index is 13.4. The topological polar surface area (TPSA) is 70.2 Å². The predicted molar refractivity (Wildman–Crippen MR) is 85.1 cm³/mol. The zero-order chi connectivity index (χ0) is 17.0. The molecule has 1 aromatic carbocycles. The lowest BCUT2D eigenvalue weighted by atomic mass is 10.1. The molecule has 0 aromatic heterocycles. The van der Waals surface area contributed by atoms with Crippen LogP contribution in [0.1, 0.15) is 22.3 Å². The molecule has 2 amide bonds. The Kier molecular flexibility index (Phi) is 7.04. The van der Waals surface area contributed by atoms with E-state index in [9.17, 15) is 22.8 Å². The van der Waals surface area contributed by atoms with Gasteiger partial charge in [0.2, 0.25) is 5.91 Å². The van der Waals surface area contributed by atoms with Crippen LogP contribution in [-0.4, -0.2) is 43.4 Å². The van der Waals surface area contributed by atoms with Gasteiger partial charge < -0.3 is 10.6 Å². The van der Waals surface area contributed by atoms with Crippen molar-refractivity contribution in [1.82, 2.24) is 16.0 Å². The van der Waals surface area contributed by atoms with Crippen molar-refractivity contribution >= 4 is 24.2 Å². The van der Waals surface area contributed by atoms with Crippen molar-refractivity contribution in [3.8, 4) is 0 Å². The first-order valence-corrected chi connectivity index (χ1v) is 7.22. The number of nitrogens with one attached hydrogen (secondary N) is 3. The van der Waals surface area contributed by atoms with Gasteiger partial charge in [-0.25, -0.2) is 13.2 Å². The molecular formula is C15H19ClF3N3O2. The number of carbonyl (C=O) groups excluding carboxylic acids is 2. The number of amides is 2. The summed E-state index contributed by atoms with van der Waals surface area (Å²) in [6, 6.07) is 3.20. The van der Waals surface area contributed by atoms with E-state index >= 15 is 0 Å². The molecule has 0 spiro atoms. The van der Waals surface area contributed by atoms with Gasteiger partial charge in [0.15, 0.2) is 0 Å². The van der Waals surface area contributed by atoms with Crippen LogP contribution in [0.5, 0.6) is 0 Å². The monoisotopic (exact) mass is 365 g/mol. The molecule has 1 fully saturated rings. The van der Waals surface area contributed by atoms with Gasteiger partial charge in [-0.2, -0.15) is 0 Å². The minimum Gasteiger partial charge on any atom is -0.353 e. The Labute approximate surface area is 143 Å². The Balaban J connectivity index is 0.00000288. The molecule has 3 N–H and O–H groups in total. The Morgan fingerprint density at radius 1 is 1.29 bits per heavy atom. The van der Waals surface area contributed by atoms with Crippen molar-refractivity contribution in [2.45, 2.75) is 25.3 Å². The van der Waals surface area contributed by atoms with E-state index in [1.807, 2.05) is 0 Å². The molecule has 1 aliphatic rings. The fourth-order valence-electron chi connectivity index (χ4n) is 2.22. The molecule has 24 heavy (non-hydrogen) atoms. The number of benzene rings is 1. The van der Waals surface area contributed by atoms with E-state index in [0.717, 1.165) is 6.07 Å². The Morgan fingerprint density at radius 3 is 2.54 bits per heavy atom. The van der Waals surface area contributed by atoms with Gasteiger partial charge in [-0.3, -0.25) is 14.9 Å². The number of carbonyl (C=O) groups is 2. The van der Waals surface area contributed by atoms with Crippen LogP contribution in [0.15, 0.2) is 18.2 Å². The summed E-state index contributed by atoms with van der Waals surface area (Å²) in [6.07, 6.45) is -0.534. The minimum absolute atomic E-state index is 0. The fraction of sp³-hybridized carbons (Fsp3) is 0.467. The van der Waals surface area contributed by atoms with Gasteiger partial charge in [-0.1, -0.05) is 6.07 Å². The van der Waals surface area contributed by atoms with Crippen LogP contribution in [0.4, 0.5) is 13.2 Å². The van der Waals surface area contributed by atoms with Gasteiger partial charge in [0, 0.05) is 25.1 Å². The van der Waals surface area contributed by atoms with Gasteiger partial charge in [0.25, 0.3) is 11.8 Å². The number of alkyl halides is 2. The maximum Gasteiger partial charge on any atom is 0.262 e. The van der Waals surface area contributed by atoms with Crippen LogP contribution in [0.3, 0.4) is 0 Å². The summed E-state index contributed by atoms with van der Waals surface area (Å²) < 4.78 is 39.3. The third-order valence-electron chi connectivity index (χ3n) is 3.57. The van der Waals surface area contributed by atoms with Crippen molar-refractivity contribution in [2.75, 3.05) is 19.6 Å². The molecule has 5 nitrogen and oxygen atoms in total. The Hall–Kier alpha value is -1.80. The van der Waals surface area contributed by atoms with E-state index < -0.39 is 42.6 Å². The Bertz CT molecular complexity index is 614. The molecule has 2 rings (SSSR count). The number of hydrogen-bond acceptors (Lipinski definition) is 3. The molecule has 1 heterocycles. The van der Waals surface area contributed by atoms with Crippen LogP contribution >= 0.6 is 12.4 Å². The summed E-state index contributed by atoms with van der Waals surface area (Å²) in [7, 11) is 0. The molecule has 0 bridgehead atoms. The zero-order valence-corrected chi connectivity index (χ0v) is 13.8. The van der Waals surface area contributed by atoms with E-state index in [2.05, 4.69) is 16.0 Å². The van der Waals surface area contributed by atoms with Gasteiger partial charge in [-0.05, 0) is 24.6 Å². The second kappa shape index (κ2) is 8.34. The SMILES string of the molecule is Cc1ccc(C(=O)NCCNC(=O)C2CC(F)(F)CN2)cc1F.Cl. The number of hydrogen-bond donors (Lipinski definition) is 3. The van der Waals surface area contributed by atoms with E-state index in [-0.39, 0.29) is 31.1 Å². The molecule has 9 heteroatoms. The van der Waals surface area contributed by atoms with Crippen molar-refractivity contribution in [3.63, 3.8) is 0 Å². The van der Waals surface area contributed by atoms with Crippen molar-refractivity contribution < 1.29 is 22.8 Å². The van der Waals surface area contributed by atoms with Crippen LogP contribution < -0.4 is 16.0 Å². The highest BCUT2D eigenvalue weighted by Gasteiger charge is 2.42. The molecule has 0 saturated carbocycles. The molecule has 134 valence electrons. The lowest BCUT2D eigenvalue weighted by molar-refractivity contribution is -0.123. The third kappa shape index (κ3) is 5.38. The first kappa shape index (κ1) is 20.2. The molecule has 1 atom stereocenters. The molecule has 0 radical (unpaired) electrons. The van der Waals surface area contributed by atoms with Gasteiger partial charge in [0.1, 0.15) is 5.82 Å². The average Bonchev–Trinajstić information content (AvgIpc) is 2.86. The molecule has 1 unspecified atom stereocenters. The molecule has 1 saturated heterocycles. The first-order valence-electron chi connectivity index (χ1n) is 7.22. The summed E-state index contributed by atoms with van der Waals surface area (Å²) >= 11 is 0. The molecule has 0 aliphatic carbocycles. The summed E-state index contributed by atoms with van der Waals surface area (Å²) in [6.45, 7) is 1.29. The van der Waals surface area contributed by atoms with E-state index in [0.29, 0.717) is 5.56 Å². The highest BCUT2D eigenvalue weighted by atomic mass is 35.5. The highest BCUT2D eigenvalue weighted by molar-refractivity contribution is 5.94. The van der Waals surface area contributed by atoms with Gasteiger partial charge in [-0.15, -0.1) is 12.4 Å². The fourth-order valence-corrected chi connectivity index (χ4v) is 2.22. The smallest absolute Gasteiger partial charge is 0.262 e. The number of rotatable bonds is 5. The summed E-state index contributed by atoms with van der Waals surface area (Å²) in [5, 5.41) is 7.43. The lowest BCUT2D eigenvalue weighted by Gasteiger charge is -2.11. The van der Waals surface area contributed by atoms with Crippen molar-refractivity contribution in [2.24, 2.45) is 0 Å². The van der Waals surface area contributed by atoms with Gasteiger partial charge >= 0.3 is 0 Å². The molecular weight excluding hydrogens is 347 g/mol. The third-order valence-corrected chi connectivity index (χ3v) is 3.57. The van der Waals surface area contributed by atoms with E-state index in [4.69, 9.17) is 0 Å². The summed E-state index contributed by atoms with van der Waals surface area (Å²) in [5.74, 6) is -4.34. The number of aryl methyl sites for hydroxylation is 1. The zero-order valence-electron chi connectivity index (χ0n) is 13.0. The van der Waals surface area contributed by atoms with E-state index in [1.54, 1.807) is 6.92 Å². The van der Waals surface area contributed by atoms with Crippen LogP contribution in [0.25, 0.3) is 0 Å². The van der Waals surface area contributed by atoms with Crippen LogP contribution in [0.2, 0.25) is 0 Å². The van der Waals surface area contributed by atoms with Crippen LogP contribution in [-0.2, 0) is 4.79 Å². The standard InChI is InChI=1S/C15H18F3N3O2.ClH/c1-9-2-3-10(6-11(9)16)13(22)19-4-5-20-14(23)12-7-15(17,18)8-21-12;/h2-3,6,12,21H,4-5,7-8H2,1H3,(H,19,22)(H,20,23);1H. The normalized spacial score (nSPS) is 18.6. The van der Waals surface area contributed by atoms with E-state index in [1.165, 1.54) is 12.1 Å². The lowest BCUT2D eigenvalue weighted by Crippen LogP contribution is -2.43. The summed E-state index contributed by atoms with van der Waals surface area (Å²) in [5.41, 5.74) is 0.617. The average molecular weight is 366 g/mol. The second-order valence-corrected chi connectivity index (χ2v) is 5.50. The Morgan fingerprint density at radius 2 is 1.96 bits per heavy atom. The quantitative estimate of drug-likeness (QED) is 0.691. The molecule has 1 aliphatic heterocycles. The number of halogens is 4. The maximum absolute atomic E-state index is 13.4. The minimum atomic E-state index is -2.87. The highest BCUT2D eigenvalue weighted by Crippen LogP contribution is 2.24.